The van der Waals surface area contributed by atoms with Gasteiger partial charge in [-0.15, -0.1) is 0 Å². The third-order valence-electron chi connectivity index (χ3n) is 2.31. The molecule has 0 radical (unpaired) electrons. The minimum atomic E-state index is 0.640. The van der Waals surface area contributed by atoms with Crippen LogP contribution in [0.15, 0.2) is 0 Å². The van der Waals surface area contributed by atoms with Gasteiger partial charge in [-0.25, -0.2) is 0 Å². The van der Waals surface area contributed by atoms with E-state index in [4.69, 9.17) is 0 Å². The molecule has 13 heavy (non-hydrogen) atoms. The SMILES string of the molecule is CCN(CC)CCSCC(C)NC. The molecule has 0 bridgehead atoms. The number of thioether (sulfide) groups is 1. The van der Waals surface area contributed by atoms with E-state index in [0.29, 0.717) is 6.04 Å². The fourth-order valence-corrected chi connectivity index (χ4v) is 2.15. The molecule has 0 fully saturated rings. The topological polar surface area (TPSA) is 15.3 Å². The molecule has 0 aromatic rings. The van der Waals surface area contributed by atoms with Crippen molar-refractivity contribution in [1.82, 2.24) is 10.2 Å². The first-order chi connectivity index (χ1) is 6.24. The van der Waals surface area contributed by atoms with Gasteiger partial charge in [0.05, 0.1) is 0 Å². The Morgan fingerprint density at radius 1 is 1.31 bits per heavy atom. The Labute approximate surface area is 87.5 Å². The lowest BCUT2D eigenvalue weighted by Gasteiger charge is -2.18. The highest BCUT2D eigenvalue weighted by Gasteiger charge is 2.00. The van der Waals surface area contributed by atoms with Gasteiger partial charge in [0.1, 0.15) is 0 Å². The van der Waals surface area contributed by atoms with Crippen molar-refractivity contribution < 1.29 is 0 Å². The number of nitrogens with zero attached hydrogens (tertiary/aromatic N) is 1. The summed E-state index contributed by atoms with van der Waals surface area (Å²) in [7, 11) is 2.02. The van der Waals surface area contributed by atoms with Crippen LogP contribution in [0.25, 0.3) is 0 Å². The molecule has 0 aliphatic carbocycles. The number of hydrogen-bond donors (Lipinski definition) is 1. The molecule has 1 unspecified atom stereocenters. The second kappa shape index (κ2) is 8.85. The van der Waals surface area contributed by atoms with Gasteiger partial charge >= 0.3 is 0 Å². The van der Waals surface area contributed by atoms with Crippen molar-refractivity contribution in [3.05, 3.63) is 0 Å². The maximum Gasteiger partial charge on any atom is 0.0126 e. The van der Waals surface area contributed by atoms with Crippen LogP contribution >= 0.6 is 11.8 Å². The third kappa shape index (κ3) is 7.35. The van der Waals surface area contributed by atoms with Gasteiger partial charge in [0.15, 0.2) is 0 Å². The predicted molar refractivity (Wildman–Crippen MR) is 63.6 cm³/mol. The van der Waals surface area contributed by atoms with Crippen LogP contribution in [0.1, 0.15) is 20.8 Å². The van der Waals surface area contributed by atoms with Gasteiger partial charge in [0.2, 0.25) is 0 Å². The maximum atomic E-state index is 3.25. The van der Waals surface area contributed by atoms with Crippen molar-refractivity contribution in [3.63, 3.8) is 0 Å². The molecule has 1 N–H and O–H groups in total. The van der Waals surface area contributed by atoms with Crippen molar-refractivity contribution in [3.8, 4) is 0 Å². The van der Waals surface area contributed by atoms with E-state index in [1.165, 1.54) is 31.1 Å². The smallest absolute Gasteiger partial charge is 0.0126 e. The third-order valence-corrected chi connectivity index (χ3v) is 3.51. The Kier molecular flexibility index (Phi) is 9.03. The molecule has 1 atom stereocenters. The van der Waals surface area contributed by atoms with E-state index in [0.717, 1.165) is 0 Å². The van der Waals surface area contributed by atoms with E-state index in [1.807, 2.05) is 18.8 Å². The van der Waals surface area contributed by atoms with Gasteiger partial charge in [-0.3, -0.25) is 0 Å². The zero-order valence-corrected chi connectivity index (χ0v) is 10.3. The summed E-state index contributed by atoms with van der Waals surface area (Å²) in [5.41, 5.74) is 0. The predicted octanol–water partition coefficient (Wildman–Crippen LogP) is 1.67. The molecule has 0 spiro atoms. The number of hydrogen-bond acceptors (Lipinski definition) is 3. The summed E-state index contributed by atoms with van der Waals surface area (Å²) in [5.74, 6) is 2.48. The Morgan fingerprint density at radius 2 is 1.92 bits per heavy atom. The molecule has 0 aromatic carbocycles. The van der Waals surface area contributed by atoms with Crippen LogP contribution in [0.4, 0.5) is 0 Å². The van der Waals surface area contributed by atoms with E-state index in [-0.39, 0.29) is 0 Å². The second-order valence-corrected chi connectivity index (χ2v) is 4.44. The van der Waals surface area contributed by atoms with Gasteiger partial charge in [0.25, 0.3) is 0 Å². The van der Waals surface area contributed by atoms with E-state index in [9.17, 15) is 0 Å². The van der Waals surface area contributed by atoms with E-state index in [1.54, 1.807) is 0 Å². The highest BCUT2D eigenvalue weighted by Crippen LogP contribution is 2.03. The Morgan fingerprint density at radius 3 is 2.38 bits per heavy atom. The van der Waals surface area contributed by atoms with Gasteiger partial charge in [-0.1, -0.05) is 13.8 Å². The van der Waals surface area contributed by atoms with Crippen molar-refractivity contribution >= 4 is 11.8 Å². The van der Waals surface area contributed by atoms with Gasteiger partial charge in [-0.05, 0) is 27.1 Å². The first kappa shape index (κ1) is 13.3. The molecule has 3 heteroatoms. The van der Waals surface area contributed by atoms with Crippen LogP contribution in [0.3, 0.4) is 0 Å². The summed E-state index contributed by atoms with van der Waals surface area (Å²) in [6.07, 6.45) is 0. The Bertz CT molecular complexity index is 105. The van der Waals surface area contributed by atoms with Crippen molar-refractivity contribution in [2.75, 3.05) is 38.2 Å². The van der Waals surface area contributed by atoms with Crippen LogP contribution in [0.5, 0.6) is 0 Å². The number of nitrogens with one attached hydrogen (secondary N) is 1. The van der Waals surface area contributed by atoms with E-state index in [2.05, 4.69) is 31.0 Å². The molecule has 80 valence electrons. The summed E-state index contributed by atoms with van der Waals surface area (Å²) in [6, 6.07) is 0.640. The Hall–Kier alpha value is 0.270. The summed E-state index contributed by atoms with van der Waals surface area (Å²) in [6.45, 7) is 10.3. The molecule has 0 amide bonds. The lowest BCUT2D eigenvalue weighted by Crippen LogP contribution is -2.27. The minimum Gasteiger partial charge on any atom is -0.316 e. The van der Waals surface area contributed by atoms with E-state index < -0.39 is 0 Å². The molecular weight excluding hydrogens is 180 g/mol. The molecule has 0 heterocycles. The van der Waals surface area contributed by atoms with Crippen LogP contribution in [-0.2, 0) is 0 Å². The van der Waals surface area contributed by atoms with Crippen LogP contribution in [-0.4, -0.2) is 49.1 Å². The quantitative estimate of drug-likeness (QED) is 0.606. The molecule has 0 rings (SSSR count). The van der Waals surface area contributed by atoms with Crippen LogP contribution in [0.2, 0.25) is 0 Å². The van der Waals surface area contributed by atoms with Crippen LogP contribution in [0, 0.1) is 0 Å². The molecule has 0 aromatic heterocycles. The summed E-state index contributed by atoms with van der Waals surface area (Å²) < 4.78 is 0. The summed E-state index contributed by atoms with van der Waals surface area (Å²) in [5, 5.41) is 3.25. The lowest BCUT2D eigenvalue weighted by molar-refractivity contribution is 0.324. The van der Waals surface area contributed by atoms with Gasteiger partial charge in [0, 0.05) is 24.1 Å². The molecule has 0 saturated carbocycles. The number of rotatable bonds is 8. The molecule has 0 aliphatic rings. The van der Waals surface area contributed by atoms with Crippen molar-refractivity contribution in [2.45, 2.75) is 26.8 Å². The highest BCUT2D eigenvalue weighted by molar-refractivity contribution is 7.99. The first-order valence-electron chi connectivity index (χ1n) is 5.21. The van der Waals surface area contributed by atoms with Gasteiger partial charge < -0.3 is 10.2 Å². The molecular formula is C10H24N2S. The zero-order chi connectivity index (χ0) is 10.1. The zero-order valence-electron chi connectivity index (χ0n) is 9.47. The molecule has 2 nitrogen and oxygen atoms in total. The van der Waals surface area contributed by atoms with Gasteiger partial charge in [-0.2, -0.15) is 11.8 Å². The van der Waals surface area contributed by atoms with E-state index >= 15 is 0 Å². The Balaban J connectivity index is 3.23. The standard InChI is InChI=1S/C10H24N2S/c1-5-12(6-2)7-8-13-9-10(3)11-4/h10-11H,5-9H2,1-4H3. The minimum absolute atomic E-state index is 0.640. The van der Waals surface area contributed by atoms with Crippen molar-refractivity contribution in [1.29, 1.82) is 0 Å². The lowest BCUT2D eigenvalue weighted by atomic mass is 10.4. The highest BCUT2D eigenvalue weighted by atomic mass is 32.2. The van der Waals surface area contributed by atoms with Crippen molar-refractivity contribution in [2.24, 2.45) is 0 Å². The normalized spacial score (nSPS) is 13.6. The monoisotopic (exact) mass is 204 g/mol. The molecule has 0 saturated heterocycles. The fourth-order valence-electron chi connectivity index (χ4n) is 1.08. The second-order valence-electron chi connectivity index (χ2n) is 3.29. The average Bonchev–Trinajstić information content (AvgIpc) is 2.18. The fraction of sp³-hybridized carbons (Fsp3) is 1.00. The largest absolute Gasteiger partial charge is 0.316 e. The summed E-state index contributed by atoms with van der Waals surface area (Å²) in [4.78, 5) is 2.47. The molecule has 0 aliphatic heterocycles. The first-order valence-corrected chi connectivity index (χ1v) is 6.37. The van der Waals surface area contributed by atoms with Crippen LogP contribution < -0.4 is 5.32 Å². The maximum absolute atomic E-state index is 3.25. The summed E-state index contributed by atoms with van der Waals surface area (Å²) >= 11 is 2.04. The average molecular weight is 204 g/mol.